The highest BCUT2D eigenvalue weighted by molar-refractivity contribution is 5.10. The zero-order valence-corrected chi connectivity index (χ0v) is 13.6. The predicted molar refractivity (Wildman–Crippen MR) is 86.7 cm³/mol. The number of rotatable bonds is 4. The Morgan fingerprint density at radius 3 is 2.95 bits per heavy atom. The zero-order chi connectivity index (χ0) is 14.9. The zero-order valence-electron chi connectivity index (χ0n) is 13.6. The van der Waals surface area contributed by atoms with Crippen molar-refractivity contribution in [3.8, 4) is 0 Å². The summed E-state index contributed by atoms with van der Waals surface area (Å²) >= 11 is 0. The van der Waals surface area contributed by atoms with E-state index in [0.29, 0.717) is 12.1 Å². The fourth-order valence-electron chi connectivity index (χ4n) is 3.93. The smallest absolute Gasteiger partial charge is 0.0755 e. The number of nitrogens with zero attached hydrogens (tertiary/aromatic N) is 3. The van der Waals surface area contributed by atoms with Gasteiger partial charge in [-0.1, -0.05) is 6.07 Å². The molecule has 4 nitrogen and oxygen atoms in total. The second-order valence-electron chi connectivity index (χ2n) is 7.21. The van der Waals surface area contributed by atoms with Gasteiger partial charge in [0, 0.05) is 44.5 Å². The van der Waals surface area contributed by atoms with Crippen LogP contribution in [-0.4, -0.2) is 59.7 Å². The van der Waals surface area contributed by atoms with Crippen LogP contribution in [0.5, 0.6) is 0 Å². The molecule has 0 bridgehead atoms. The summed E-state index contributed by atoms with van der Waals surface area (Å²) in [4.78, 5) is 9.94. The number of aromatic nitrogens is 1. The van der Waals surface area contributed by atoms with E-state index in [1.165, 1.54) is 25.1 Å². The van der Waals surface area contributed by atoms with Gasteiger partial charge in [-0.3, -0.25) is 14.8 Å². The van der Waals surface area contributed by atoms with Gasteiger partial charge >= 0.3 is 0 Å². The Hall–Kier alpha value is -0.970. The molecule has 3 fully saturated rings. The fraction of sp³-hybridized carbons (Fsp3) is 0.722. The molecule has 0 radical (unpaired) electrons. The maximum Gasteiger partial charge on any atom is 0.0755 e. The minimum Gasteiger partial charge on any atom is -0.375 e. The molecule has 3 heterocycles. The number of piperidine rings is 1. The van der Waals surface area contributed by atoms with Crippen LogP contribution < -0.4 is 0 Å². The van der Waals surface area contributed by atoms with Crippen LogP contribution in [0.2, 0.25) is 0 Å². The lowest BCUT2D eigenvalue weighted by atomic mass is 9.98. The summed E-state index contributed by atoms with van der Waals surface area (Å²) in [6.45, 7) is 8.65. The van der Waals surface area contributed by atoms with Crippen LogP contribution in [0.4, 0.5) is 0 Å². The van der Waals surface area contributed by atoms with Crippen molar-refractivity contribution < 1.29 is 4.74 Å². The second kappa shape index (κ2) is 6.26. The topological polar surface area (TPSA) is 28.6 Å². The molecule has 0 N–H and O–H groups in total. The van der Waals surface area contributed by atoms with E-state index < -0.39 is 0 Å². The van der Waals surface area contributed by atoms with Crippen molar-refractivity contribution in [1.82, 2.24) is 14.8 Å². The van der Waals surface area contributed by atoms with Crippen molar-refractivity contribution in [2.45, 2.75) is 44.9 Å². The maximum atomic E-state index is 6.05. The Balaban J connectivity index is 1.40. The highest BCUT2D eigenvalue weighted by Crippen LogP contribution is 2.33. The van der Waals surface area contributed by atoms with Gasteiger partial charge in [-0.25, -0.2) is 0 Å². The van der Waals surface area contributed by atoms with Crippen molar-refractivity contribution in [3.63, 3.8) is 0 Å². The molecular weight excluding hydrogens is 274 g/mol. The number of hydrogen-bond donors (Lipinski definition) is 0. The average molecular weight is 301 g/mol. The van der Waals surface area contributed by atoms with Crippen molar-refractivity contribution in [2.75, 3.05) is 32.8 Å². The second-order valence-corrected chi connectivity index (χ2v) is 7.21. The third kappa shape index (κ3) is 3.34. The van der Waals surface area contributed by atoms with Crippen LogP contribution in [0.15, 0.2) is 18.2 Å². The van der Waals surface area contributed by atoms with Gasteiger partial charge in [-0.2, -0.15) is 0 Å². The number of pyridine rings is 1. The minimum absolute atomic E-state index is 0.453. The van der Waals surface area contributed by atoms with E-state index in [4.69, 9.17) is 4.74 Å². The molecule has 0 aromatic carbocycles. The van der Waals surface area contributed by atoms with E-state index in [1.807, 2.05) is 0 Å². The van der Waals surface area contributed by atoms with Crippen molar-refractivity contribution >= 4 is 0 Å². The van der Waals surface area contributed by atoms with Gasteiger partial charge in [-0.15, -0.1) is 0 Å². The lowest BCUT2D eigenvalue weighted by Gasteiger charge is -2.47. The van der Waals surface area contributed by atoms with E-state index in [9.17, 15) is 0 Å². The van der Waals surface area contributed by atoms with Gasteiger partial charge in [0.05, 0.1) is 18.4 Å². The lowest BCUT2D eigenvalue weighted by Crippen LogP contribution is -2.60. The van der Waals surface area contributed by atoms with Gasteiger partial charge in [-0.05, 0) is 44.2 Å². The van der Waals surface area contributed by atoms with Crippen LogP contribution in [0.1, 0.15) is 30.7 Å². The molecule has 3 aliphatic rings. The normalized spacial score (nSPS) is 30.2. The van der Waals surface area contributed by atoms with Crippen LogP contribution in [0, 0.1) is 12.8 Å². The van der Waals surface area contributed by atoms with Crippen LogP contribution >= 0.6 is 0 Å². The van der Waals surface area contributed by atoms with Gasteiger partial charge in [0.15, 0.2) is 0 Å². The Labute approximate surface area is 133 Å². The molecule has 120 valence electrons. The fourth-order valence-corrected chi connectivity index (χ4v) is 3.93. The monoisotopic (exact) mass is 301 g/mol. The van der Waals surface area contributed by atoms with E-state index in [1.54, 1.807) is 0 Å². The quantitative estimate of drug-likeness (QED) is 0.851. The summed E-state index contributed by atoms with van der Waals surface area (Å²) in [6.07, 6.45) is 4.49. The average Bonchev–Trinajstić information content (AvgIpc) is 3.32. The Morgan fingerprint density at radius 1 is 1.23 bits per heavy atom. The third-order valence-corrected chi connectivity index (χ3v) is 5.30. The molecule has 2 atom stereocenters. The molecule has 0 amide bonds. The number of ether oxygens (including phenoxy) is 1. The summed E-state index contributed by atoms with van der Waals surface area (Å²) in [5, 5.41) is 0. The molecule has 1 aromatic heterocycles. The molecule has 4 heteroatoms. The van der Waals surface area contributed by atoms with E-state index >= 15 is 0 Å². The number of hydrogen-bond acceptors (Lipinski definition) is 4. The minimum atomic E-state index is 0.453. The van der Waals surface area contributed by atoms with Gasteiger partial charge < -0.3 is 4.74 Å². The van der Waals surface area contributed by atoms with Crippen molar-refractivity contribution in [1.29, 1.82) is 0 Å². The predicted octanol–water partition coefficient (Wildman–Crippen LogP) is 2.08. The van der Waals surface area contributed by atoms with Gasteiger partial charge in [0.25, 0.3) is 0 Å². The highest BCUT2D eigenvalue weighted by Gasteiger charge is 2.39. The molecule has 1 aliphatic carbocycles. The number of aryl methyl sites for hydroxylation is 1. The maximum absolute atomic E-state index is 6.05. The molecule has 2 saturated heterocycles. The first-order valence-corrected chi connectivity index (χ1v) is 8.78. The Kier molecular flexibility index (Phi) is 4.16. The first-order chi connectivity index (χ1) is 10.8. The van der Waals surface area contributed by atoms with Crippen molar-refractivity contribution in [2.24, 2.45) is 5.92 Å². The summed E-state index contributed by atoms with van der Waals surface area (Å²) in [7, 11) is 0. The Morgan fingerprint density at radius 2 is 2.14 bits per heavy atom. The SMILES string of the molecule is Cc1cccc(CN2CC[C@@H]3OCCN(CC4CC4)[C@H]3C2)n1. The molecule has 1 saturated carbocycles. The molecule has 0 spiro atoms. The van der Waals surface area contributed by atoms with E-state index in [-0.39, 0.29) is 0 Å². The summed E-state index contributed by atoms with van der Waals surface area (Å²) in [5.41, 5.74) is 2.31. The summed E-state index contributed by atoms with van der Waals surface area (Å²) in [6, 6.07) is 6.93. The van der Waals surface area contributed by atoms with Crippen LogP contribution in [0.3, 0.4) is 0 Å². The summed E-state index contributed by atoms with van der Waals surface area (Å²) in [5.74, 6) is 0.965. The van der Waals surface area contributed by atoms with E-state index in [2.05, 4.69) is 39.9 Å². The number of likely N-dealkylation sites (tertiary alicyclic amines) is 1. The highest BCUT2D eigenvalue weighted by atomic mass is 16.5. The first-order valence-electron chi connectivity index (χ1n) is 8.78. The molecular formula is C18H27N3O. The molecule has 22 heavy (non-hydrogen) atoms. The number of morpholine rings is 1. The van der Waals surface area contributed by atoms with E-state index in [0.717, 1.165) is 50.8 Å². The van der Waals surface area contributed by atoms with Crippen LogP contribution in [-0.2, 0) is 11.3 Å². The standard InChI is InChI=1S/C18H27N3O/c1-14-3-2-4-16(19-14)12-20-8-7-18-17(13-20)21(9-10-22-18)11-15-5-6-15/h2-4,15,17-18H,5-13H2,1H3/t17-,18-/m0/s1. The molecule has 4 rings (SSSR count). The lowest BCUT2D eigenvalue weighted by molar-refractivity contribution is -0.105. The molecule has 1 aromatic rings. The summed E-state index contributed by atoms with van der Waals surface area (Å²) < 4.78 is 6.05. The van der Waals surface area contributed by atoms with Gasteiger partial charge in [0.2, 0.25) is 0 Å². The van der Waals surface area contributed by atoms with Crippen LogP contribution in [0.25, 0.3) is 0 Å². The third-order valence-electron chi connectivity index (χ3n) is 5.30. The largest absolute Gasteiger partial charge is 0.375 e. The Bertz CT molecular complexity index is 517. The molecule has 0 unspecified atom stereocenters. The van der Waals surface area contributed by atoms with Crippen molar-refractivity contribution in [3.05, 3.63) is 29.6 Å². The number of fused-ring (bicyclic) bond motifs is 1. The molecule has 2 aliphatic heterocycles. The first kappa shape index (κ1) is 14.6. The van der Waals surface area contributed by atoms with Gasteiger partial charge in [0.1, 0.15) is 0 Å².